The monoisotopic (exact) mass is 285 g/mol. The molecule has 0 unspecified atom stereocenters. The van der Waals surface area contributed by atoms with Crippen LogP contribution in [0.1, 0.15) is 23.0 Å². The zero-order valence-electron chi connectivity index (χ0n) is 9.93. The molecule has 18 heavy (non-hydrogen) atoms. The Labute approximate surface area is 115 Å². The zero-order chi connectivity index (χ0) is 13.1. The number of aromatic amines is 1. The van der Waals surface area contributed by atoms with E-state index in [9.17, 15) is 4.79 Å². The number of nitrogens with one attached hydrogen (secondary N) is 1. The topological polar surface area (TPSA) is 42.1 Å². The number of H-pyrrole nitrogens is 1. The number of aryl methyl sites for hydroxylation is 1. The number of hydrogen-bond acceptors (Lipinski definition) is 2. The van der Waals surface area contributed by atoms with Gasteiger partial charge in [0.05, 0.1) is 6.61 Å². The smallest absolute Gasteiger partial charge is 0.355 e. The molecule has 0 bridgehead atoms. The Morgan fingerprint density at radius 3 is 2.89 bits per heavy atom. The summed E-state index contributed by atoms with van der Waals surface area (Å²) >= 11 is 11.7. The molecular weight excluding hydrogens is 273 g/mol. The van der Waals surface area contributed by atoms with E-state index in [0.29, 0.717) is 29.6 Å². The molecule has 2 rings (SSSR count). The number of ether oxygens (including phenoxy) is 1. The van der Waals surface area contributed by atoms with E-state index in [1.807, 2.05) is 6.07 Å². The zero-order valence-corrected chi connectivity index (χ0v) is 11.4. The Balaban J connectivity index is 2.56. The van der Waals surface area contributed by atoms with Gasteiger partial charge in [-0.1, -0.05) is 17.7 Å². The number of alkyl halides is 1. The second-order valence-electron chi connectivity index (χ2n) is 3.83. The molecule has 0 aliphatic carbocycles. The number of esters is 1. The molecule has 0 amide bonds. The number of fused-ring (bicyclic) bond motifs is 1. The summed E-state index contributed by atoms with van der Waals surface area (Å²) in [6.07, 6.45) is 0.608. The highest BCUT2D eigenvalue weighted by Gasteiger charge is 2.18. The second kappa shape index (κ2) is 5.63. The molecule has 0 saturated heterocycles. The van der Waals surface area contributed by atoms with Gasteiger partial charge < -0.3 is 9.72 Å². The van der Waals surface area contributed by atoms with Gasteiger partial charge in [0.25, 0.3) is 0 Å². The van der Waals surface area contributed by atoms with Crippen LogP contribution >= 0.6 is 23.2 Å². The van der Waals surface area contributed by atoms with Crippen molar-refractivity contribution in [2.45, 2.75) is 13.3 Å². The molecule has 0 atom stereocenters. The lowest BCUT2D eigenvalue weighted by atomic mass is 10.1. The molecule has 1 aromatic heterocycles. The maximum atomic E-state index is 11.9. The highest BCUT2D eigenvalue weighted by atomic mass is 35.5. The van der Waals surface area contributed by atoms with Crippen molar-refractivity contribution in [2.75, 3.05) is 12.5 Å². The van der Waals surface area contributed by atoms with Crippen LogP contribution in [0.3, 0.4) is 0 Å². The summed E-state index contributed by atoms with van der Waals surface area (Å²) in [6, 6.07) is 5.47. The van der Waals surface area contributed by atoms with Crippen molar-refractivity contribution in [2.24, 2.45) is 0 Å². The molecule has 1 aromatic carbocycles. The molecule has 3 nitrogen and oxygen atoms in total. The molecule has 1 N–H and O–H groups in total. The van der Waals surface area contributed by atoms with Gasteiger partial charge in [0.2, 0.25) is 0 Å². The van der Waals surface area contributed by atoms with Gasteiger partial charge in [0.15, 0.2) is 0 Å². The minimum Gasteiger partial charge on any atom is -0.461 e. The molecule has 0 radical (unpaired) electrons. The summed E-state index contributed by atoms with van der Waals surface area (Å²) in [5.74, 6) is 0.0899. The normalized spacial score (nSPS) is 10.8. The summed E-state index contributed by atoms with van der Waals surface area (Å²) in [6.45, 7) is 2.12. The third-order valence-electron chi connectivity index (χ3n) is 2.69. The lowest BCUT2D eigenvalue weighted by molar-refractivity contribution is 0.0519. The van der Waals surface area contributed by atoms with E-state index >= 15 is 0 Å². The SMILES string of the molecule is CCOC(=O)c1[nH]c2cc(Cl)ccc2c1CCCl. The van der Waals surface area contributed by atoms with E-state index in [-0.39, 0.29) is 5.97 Å². The predicted molar refractivity (Wildman–Crippen MR) is 73.7 cm³/mol. The van der Waals surface area contributed by atoms with Crippen LogP contribution in [0.2, 0.25) is 5.02 Å². The first-order valence-electron chi connectivity index (χ1n) is 5.70. The average Bonchev–Trinajstić information content (AvgIpc) is 2.68. The van der Waals surface area contributed by atoms with Gasteiger partial charge in [-0.3, -0.25) is 0 Å². The maximum Gasteiger partial charge on any atom is 0.355 e. The van der Waals surface area contributed by atoms with E-state index < -0.39 is 0 Å². The Hall–Kier alpha value is -1.19. The number of halogens is 2. The third kappa shape index (κ3) is 2.47. The van der Waals surface area contributed by atoms with Crippen LogP contribution in [0, 0.1) is 0 Å². The Morgan fingerprint density at radius 1 is 1.44 bits per heavy atom. The molecular formula is C13H13Cl2NO2. The van der Waals surface area contributed by atoms with Crippen molar-refractivity contribution in [1.82, 2.24) is 4.98 Å². The van der Waals surface area contributed by atoms with Gasteiger partial charge in [-0.25, -0.2) is 4.79 Å². The maximum absolute atomic E-state index is 11.9. The van der Waals surface area contributed by atoms with Crippen LogP contribution in [0.4, 0.5) is 0 Å². The third-order valence-corrected chi connectivity index (χ3v) is 3.12. The fraction of sp³-hybridized carbons (Fsp3) is 0.308. The molecule has 1 heterocycles. The lowest BCUT2D eigenvalue weighted by Gasteiger charge is -2.02. The van der Waals surface area contributed by atoms with Crippen LogP contribution in [-0.2, 0) is 11.2 Å². The fourth-order valence-corrected chi connectivity index (χ4v) is 2.32. The number of carbonyl (C=O) groups is 1. The highest BCUT2D eigenvalue weighted by molar-refractivity contribution is 6.31. The van der Waals surface area contributed by atoms with Gasteiger partial charge in [0.1, 0.15) is 5.69 Å². The second-order valence-corrected chi connectivity index (χ2v) is 4.64. The summed E-state index contributed by atoms with van der Waals surface area (Å²) in [4.78, 5) is 14.9. The van der Waals surface area contributed by atoms with Crippen molar-refractivity contribution in [3.05, 3.63) is 34.5 Å². The minimum atomic E-state index is -0.357. The van der Waals surface area contributed by atoms with E-state index in [0.717, 1.165) is 16.5 Å². The molecule has 5 heteroatoms. The van der Waals surface area contributed by atoms with Crippen LogP contribution < -0.4 is 0 Å². The summed E-state index contributed by atoms with van der Waals surface area (Å²) in [7, 11) is 0. The van der Waals surface area contributed by atoms with Gasteiger partial charge in [0, 0.05) is 21.8 Å². The minimum absolute atomic E-state index is 0.343. The Bertz CT molecular complexity index is 578. The molecule has 96 valence electrons. The van der Waals surface area contributed by atoms with Gasteiger partial charge in [-0.15, -0.1) is 11.6 Å². The van der Waals surface area contributed by atoms with Crippen molar-refractivity contribution >= 4 is 40.1 Å². The van der Waals surface area contributed by atoms with Crippen molar-refractivity contribution in [1.29, 1.82) is 0 Å². The van der Waals surface area contributed by atoms with Crippen molar-refractivity contribution < 1.29 is 9.53 Å². The summed E-state index contributed by atoms with van der Waals surface area (Å²) in [5, 5.41) is 1.58. The first-order chi connectivity index (χ1) is 8.67. The van der Waals surface area contributed by atoms with E-state index in [2.05, 4.69) is 4.98 Å². The standard InChI is InChI=1S/C13H13Cl2NO2/c1-2-18-13(17)12-10(5-6-14)9-4-3-8(15)7-11(9)16-12/h3-4,7,16H,2,5-6H2,1H3. The largest absolute Gasteiger partial charge is 0.461 e. The first-order valence-corrected chi connectivity index (χ1v) is 6.61. The number of aromatic nitrogens is 1. The Morgan fingerprint density at radius 2 is 2.22 bits per heavy atom. The highest BCUT2D eigenvalue weighted by Crippen LogP contribution is 2.26. The van der Waals surface area contributed by atoms with Gasteiger partial charge in [-0.2, -0.15) is 0 Å². The number of rotatable bonds is 4. The Kier molecular flexibility index (Phi) is 4.15. The van der Waals surface area contributed by atoms with Crippen molar-refractivity contribution in [3.8, 4) is 0 Å². The molecule has 0 spiro atoms. The van der Waals surface area contributed by atoms with E-state index in [1.54, 1.807) is 19.1 Å². The molecule has 2 aromatic rings. The average molecular weight is 286 g/mol. The lowest BCUT2D eigenvalue weighted by Crippen LogP contribution is -2.08. The van der Waals surface area contributed by atoms with Crippen molar-refractivity contribution in [3.63, 3.8) is 0 Å². The van der Waals surface area contributed by atoms with Crippen LogP contribution in [-0.4, -0.2) is 23.4 Å². The fourth-order valence-electron chi connectivity index (χ4n) is 1.96. The summed E-state index contributed by atoms with van der Waals surface area (Å²) < 4.78 is 5.03. The van der Waals surface area contributed by atoms with E-state index in [4.69, 9.17) is 27.9 Å². The molecule has 0 fully saturated rings. The van der Waals surface area contributed by atoms with E-state index in [1.165, 1.54) is 0 Å². The predicted octanol–water partition coefficient (Wildman–Crippen LogP) is 3.78. The van der Waals surface area contributed by atoms with Gasteiger partial charge >= 0.3 is 5.97 Å². The number of carbonyl (C=O) groups excluding carboxylic acids is 1. The molecule has 0 aliphatic rings. The number of hydrogen-bond donors (Lipinski definition) is 1. The summed E-state index contributed by atoms with van der Waals surface area (Å²) in [5.41, 5.74) is 2.18. The van der Waals surface area contributed by atoms with Crippen LogP contribution in [0.25, 0.3) is 10.9 Å². The number of benzene rings is 1. The molecule has 0 saturated carbocycles. The van der Waals surface area contributed by atoms with Crippen LogP contribution in [0.15, 0.2) is 18.2 Å². The van der Waals surface area contributed by atoms with Crippen LogP contribution in [0.5, 0.6) is 0 Å². The van der Waals surface area contributed by atoms with Gasteiger partial charge in [-0.05, 0) is 31.0 Å². The first kappa shape index (κ1) is 13.2. The molecule has 0 aliphatic heterocycles. The quantitative estimate of drug-likeness (QED) is 0.686.